The topological polar surface area (TPSA) is 94.4 Å². The van der Waals surface area contributed by atoms with Crippen molar-refractivity contribution in [2.75, 3.05) is 32.6 Å². The van der Waals surface area contributed by atoms with Gasteiger partial charge in [0.1, 0.15) is 11.5 Å². The molecule has 3 heterocycles. The molecule has 9 nitrogen and oxygen atoms in total. The number of likely N-dealkylation sites (tertiary alicyclic amines) is 1. The predicted octanol–water partition coefficient (Wildman–Crippen LogP) is 4.05. The highest BCUT2D eigenvalue weighted by Crippen LogP contribution is 2.34. The van der Waals surface area contributed by atoms with Crippen molar-refractivity contribution < 1.29 is 27.4 Å². The monoisotopic (exact) mass is 504 g/mol. The Kier molecular flexibility index (Phi) is 7.32. The van der Waals surface area contributed by atoms with E-state index in [1.807, 2.05) is 0 Å². The van der Waals surface area contributed by atoms with E-state index >= 15 is 0 Å². The van der Waals surface area contributed by atoms with E-state index in [0.717, 1.165) is 25.1 Å². The third-order valence-electron chi connectivity index (χ3n) is 6.33. The molecule has 12 heteroatoms. The number of rotatable bonds is 7. The number of hydrogen-bond acceptors (Lipinski definition) is 7. The Morgan fingerprint density at radius 3 is 2.44 bits per heavy atom. The van der Waals surface area contributed by atoms with Crippen LogP contribution in [0.5, 0.6) is 11.5 Å². The maximum Gasteiger partial charge on any atom is 0.417 e. The third kappa shape index (κ3) is 5.21. The van der Waals surface area contributed by atoms with Crippen molar-refractivity contribution in [2.45, 2.75) is 32.0 Å². The summed E-state index contributed by atoms with van der Waals surface area (Å²) in [5.41, 5.74) is -0.0308. The number of methoxy groups -OCH3 is 2. The molecule has 1 saturated heterocycles. The minimum Gasteiger partial charge on any atom is -0.493 e. The molecule has 2 aromatic heterocycles. The number of carbonyl (C=O) groups excluding carboxylic acids is 1. The van der Waals surface area contributed by atoms with Crippen LogP contribution in [0.1, 0.15) is 35.7 Å². The van der Waals surface area contributed by atoms with Gasteiger partial charge in [-0.15, -0.1) is 0 Å². The quantitative estimate of drug-likeness (QED) is 0.519. The normalized spacial score (nSPS) is 18.1. The molecule has 1 amide bonds. The van der Waals surface area contributed by atoms with Crippen LogP contribution in [-0.2, 0) is 6.18 Å². The van der Waals surface area contributed by atoms with Crippen LogP contribution in [0.2, 0.25) is 0 Å². The fourth-order valence-corrected chi connectivity index (χ4v) is 4.39. The Morgan fingerprint density at radius 2 is 1.83 bits per heavy atom. The number of alkyl halides is 3. The first-order chi connectivity index (χ1) is 17.2. The number of benzene rings is 1. The fraction of sp³-hybridized carbons (Fsp3) is 0.417. The number of hydrogen-bond donors (Lipinski definition) is 1. The molecule has 1 aromatic carbocycles. The highest BCUT2D eigenvalue weighted by molar-refractivity contribution is 5.99. The van der Waals surface area contributed by atoms with E-state index in [-0.39, 0.29) is 17.9 Å². The SMILES string of the molecule is COc1cc(C(=O)N2CCCC(C)C2CNc2ccc(C(F)(F)F)cn2)c(-n2nccn2)cc1OC. The zero-order chi connectivity index (χ0) is 25.9. The minimum absolute atomic E-state index is 0.149. The molecule has 36 heavy (non-hydrogen) atoms. The van der Waals surface area contributed by atoms with Gasteiger partial charge in [-0.2, -0.15) is 28.2 Å². The molecule has 1 fully saturated rings. The number of halogens is 3. The van der Waals surface area contributed by atoms with Crippen LogP contribution in [0, 0.1) is 5.92 Å². The van der Waals surface area contributed by atoms with Crippen molar-refractivity contribution in [3.8, 4) is 17.2 Å². The summed E-state index contributed by atoms with van der Waals surface area (Å²) in [7, 11) is 2.99. The van der Waals surface area contributed by atoms with Gasteiger partial charge in [0.25, 0.3) is 5.91 Å². The van der Waals surface area contributed by atoms with Gasteiger partial charge >= 0.3 is 6.18 Å². The first-order valence-electron chi connectivity index (χ1n) is 11.4. The lowest BCUT2D eigenvalue weighted by molar-refractivity contribution is -0.137. The fourth-order valence-electron chi connectivity index (χ4n) is 4.39. The van der Waals surface area contributed by atoms with Gasteiger partial charge in [0.2, 0.25) is 0 Å². The summed E-state index contributed by atoms with van der Waals surface area (Å²) in [6, 6.07) is 5.31. The van der Waals surface area contributed by atoms with Gasteiger partial charge in [0, 0.05) is 25.4 Å². The second-order valence-electron chi connectivity index (χ2n) is 8.54. The van der Waals surface area contributed by atoms with Gasteiger partial charge < -0.3 is 19.7 Å². The molecule has 0 radical (unpaired) electrons. The summed E-state index contributed by atoms with van der Waals surface area (Å²) >= 11 is 0. The van der Waals surface area contributed by atoms with E-state index in [2.05, 4.69) is 27.4 Å². The van der Waals surface area contributed by atoms with E-state index in [4.69, 9.17) is 9.47 Å². The largest absolute Gasteiger partial charge is 0.493 e. The van der Waals surface area contributed by atoms with Crippen LogP contribution in [0.4, 0.5) is 19.0 Å². The second kappa shape index (κ2) is 10.4. The maximum absolute atomic E-state index is 13.9. The first-order valence-corrected chi connectivity index (χ1v) is 11.4. The molecule has 0 bridgehead atoms. The number of amides is 1. The standard InChI is InChI=1S/C24H27F3N6O3/c1-15-5-4-10-32(19(15)14-29-22-7-6-16(13-28-22)24(25,26)27)23(34)17-11-20(35-2)21(36-3)12-18(17)33-30-8-9-31-33/h6-9,11-13,15,19H,4-5,10,14H2,1-3H3,(H,28,29). The summed E-state index contributed by atoms with van der Waals surface area (Å²) < 4.78 is 49.4. The Bertz CT molecular complexity index is 1190. The molecule has 2 atom stereocenters. The minimum atomic E-state index is -4.45. The third-order valence-corrected chi connectivity index (χ3v) is 6.33. The van der Waals surface area contributed by atoms with Crippen molar-refractivity contribution in [3.05, 3.63) is 54.0 Å². The average molecular weight is 505 g/mol. The summed E-state index contributed by atoms with van der Waals surface area (Å²) in [5.74, 6) is 1.05. The van der Waals surface area contributed by atoms with Crippen molar-refractivity contribution in [3.63, 3.8) is 0 Å². The lowest BCUT2D eigenvalue weighted by Crippen LogP contribution is -2.51. The zero-order valence-corrected chi connectivity index (χ0v) is 20.1. The van der Waals surface area contributed by atoms with Crippen molar-refractivity contribution in [1.29, 1.82) is 0 Å². The highest BCUT2D eigenvalue weighted by atomic mass is 19.4. The Labute approximate surface area is 206 Å². The molecule has 1 aliphatic heterocycles. The number of aromatic nitrogens is 4. The van der Waals surface area contributed by atoms with Crippen LogP contribution < -0.4 is 14.8 Å². The van der Waals surface area contributed by atoms with Gasteiger partial charge in [0.15, 0.2) is 11.5 Å². The Balaban J connectivity index is 1.61. The summed E-state index contributed by atoms with van der Waals surface area (Å²) in [4.78, 5) is 20.9. The van der Waals surface area contributed by atoms with E-state index < -0.39 is 11.7 Å². The molecule has 3 aromatic rings. The number of nitrogens with zero attached hydrogens (tertiary/aromatic N) is 5. The van der Waals surface area contributed by atoms with Gasteiger partial charge in [-0.25, -0.2) is 4.98 Å². The van der Waals surface area contributed by atoms with Gasteiger partial charge in [0.05, 0.1) is 43.8 Å². The number of ether oxygens (including phenoxy) is 2. The van der Waals surface area contributed by atoms with Crippen molar-refractivity contribution in [2.24, 2.45) is 5.92 Å². The van der Waals surface area contributed by atoms with Crippen molar-refractivity contribution >= 4 is 11.7 Å². The van der Waals surface area contributed by atoms with Gasteiger partial charge in [-0.1, -0.05) is 6.92 Å². The van der Waals surface area contributed by atoms with Gasteiger partial charge in [-0.05, 0) is 37.0 Å². The molecular weight excluding hydrogens is 477 g/mol. The van der Waals surface area contributed by atoms with Crippen LogP contribution in [0.3, 0.4) is 0 Å². The molecule has 1 N–H and O–H groups in total. The van der Waals surface area contributed by atoms with Gasteiger partial charge in [-0.3, -0.25) is 4.79 Å². The molecule has 0 saturated carbocycles. The number of piperidine rings is 1. The van der Waals surface area contributed by atoms with Crippen LogP contribution >= 0.6 is 0 Å². The molecule has 2 unspecified atom stereocenters. The predicted molar refractivity (Wildman–Crippen MR) is 125 cm³/mol. The Hall–Kier alpha value is -3.83. The summed E-state index contributed by atoms with van der Waals surface area (Å²) in [5, 5.41) is 11.5. The summed E-state index contributed by atoms with van der Waals surface area (Å²) in [6.07, 6.45) is 1.10. The molecular formula is C24H27F3N6O3. The molecule has 0 aliphatic carbocycles. The lowest BCUT2D eigenvalue weighted by Gasteiger charge is -2.40. The molecule has 192 valence electrons. The van der Waals surface area contributed by atoms with Crippen LogP contribution in [-0.4, -0.2) is 64.1 Å². The maximum atomic E-state index is 13.9. The number of pyridine rings is 1. The van der Waals surface area contributed by atoms with E-state index in [0.29, 0.717) is 41.7 Å². The molecule has 0 spiro atoms. The summed E-state index contributed by atoms with van der Waals surface area (Å²) in [6.45, 7) is 2.90. The molecule has 1 aliphatic rings. The lowest BCUT2D eigenvalue weighted by atomic mass is 9.90. The Morgan fingerprint density at radius 1 is 1.14 bits per heavy atom. The number of carbonyl (C=O) groups is 1. The van der Waals surface area contributed by atoms with E-state index in [1.54, 1.807) is 17.0 Å². The second-order valence-corrected chi connectivity index (χ2v) is 8.54. The van der Waals surface area contributed by atoms with Crippen LogP contribution in [0.25, 0.3) is 5.69 Å². The zero-order valence-electron chi connectivity index (χ0n) is 20.1. The smallest absolute Gasteiger partial charge is 0.417 e. The highest BCUT2D eigenvalue weighted by Gasteiger charge is 2.35. The van der Waals surface area contributed by atoms with E-state index in [9.17, 15) is 18.0 Å². The van der Waals surface area contributed by atoms with Crippen molar-refractivity contribution in [1.82, 2.24) is 24.9 Å². The number of anilines is 1. The molecule has 4 rings (SSSR count). The van der Waals surface area contributed by atoms with E-state index in [1.165, 1.54) is 37.5 Å². The number of nitrogens with one attached hydrogen (secondary N) is 1. The average Bonchev–Trinajstić information content (AvgIpc) is 3.41. The first kappa shape index (κ1) is 25.3. The van der Waals surface area contributed by atoms with Crippen LogP contribution in [0.15, 0.2) is 42.9 Å².